The van der Waals surface area contributed by atoms with Crippen LogP contribution in [0.15, 0.2) is 28.8 Å². The van der Waals surface area contributed by atoms with E-state index in [0.717, 1.165) is 12.0 Å². The molecular formula is C10H11N3O. The maximum absolute atomic E-state index is 5.35. The molecule has 2 aromatic rings. The van der Waals surface area contributed by atoms with Crippen LogP contribution in [-0.4, -0.2) is 10.1 Å². The molecule has 1 aromatic heterocycles. The molecule has 0 aliphatic rings. The molecule has 2 N–H and O–H groups in total. The normalized spacial score (nSPS) is 10.4. The number of nitrogen functional groups attached to an aromatic ring is 1. The van der Waals surface area contributed by atoms with E-state index in [1.54, 1.807) is 0 Å². The summed E-state index contributed by atoms with van der Waals surface area (Å²) in [7, 11) is 0. The van der Waals surface area contributed by atoms with Crippen LogP contribution in [0.4, 0.5) is 6.01 Å². The first-order valence-corrected chi connectivity index (χ1v) is 4.48. The topological polar surface area (TPSA) is 64.9 Å². The summed E-state index contributed by atoms with van der Waals surface area (Å²) in [5, 5.41) is 3.75. The van der Waals surface area contributed by atoms with E-state index in [2.05, 4.69) is 23.1 Å². The van der Waals surface area contributed by atoms with Gasteiger partial charge in [0.15, 0.2) is 0 Å². The standard InChI is InChI=1S/C10H11N3O/c1-2-7-4-3-5-8(6-7)9-12-10(11)14-13-9/h3-6H,2H2,1H3,(H2,11,12,13). The van der Waals surface area contributed by atoms with Gasteiger partial charge in [-0.15, -0.1) is 0 Å². The maximum Gasteiger partial charge on any atom is 0.319 e. The molecule has 72 valence electrons. The Hall–Kier alpha value is -1.84. The Bertz CT molecular complexity index is 436. The smallest absolute Gasteiger partial charge is 0.319 e. The van der Waals surface area contributed by atoms with Crippen molar-refractivity contribution in [2.75, 3.05) is 5.73 Å². The van der Waals surface area contributed by atoms with Crippen molar-refractivity contribution in [3.63, 3.8) is 0 Å². The summed E-state index contributed by atoms with van der Waals surface area (Å²) in [5.74, 6) is 0.540. The van der Waals surface area contributed by atoms with Crippen molar-refractivity contribution in [2.24, 2.45) is 0 Å². The molecule has 4 heteroatoms. The fourth-order valence-corrected chi connectivity index (χ4v) is 1.28. The van der Waals surface area contributed by atoms with Crippen molar-refractivity contribution in [3.05, 3.63) is 29.8 Å². The van der Waals surface area contributed by atoms with Crippen molar-refractivity contribution in [3.8, 4) is 11.4 Å². The van der Waals surface area contributed by atoms with Gasteiger partial charge in [0.2, 0.25) is 5.82 Å². The van der Waals surface area contributed by atoms with Crippen molar-refractivity contribution < 1.29 is 4.52 Å². The Morgan fingerprint density at radius 1 is 1.43 bits per heavy atom. The molecule has 0 radical (unpaired) electrons. The summed E-state index contributed by atoms with van der Waals surface area (Å²) in [4.78, 5) is 3.96. The second-order valence-corrected chi connectivity index (χ2v) is 3.01. The van der Waals surface area contributed by atoms with Crippen LogP contribution in [0, 0.1) is 0 Å². The minimum Gasteiger partial charge on any atom is -0.351 e. The van der Waals surface area contributed by atoms with Gasteiger partial charge in [-0.1, -0.05) is 30.3 Å². The first-order chi connectivity index (χ1) is 6.79. The van der Waals surface area contributed by atoms with Gasteiger partial charge in [-0.05, 0) is 18.1 Å². The van der Waals surface area contributed by atoms with E-state index in [1.165, 1.54) is 5.56 Å². The molecule has 0 aliphatic heterocycles. The number of aryl methyl sites for hydroxylation is 1. The van der Waals surface area contributed by atoms with Crippen LogP contribution in [0.1, 0.15) is 12.5 Å². The summed E-state index contributed by atoms with van der Waals surface area (Å²) in [6.07, 6.45) is 0.987. The number of hydrogen-bond acceptors (Lipinski definition) is 4. The predicted octanol–water partition coefficient (Wildman–Crippen LogP) is 1.88. The molecule has 0 amide bonds. The van der Waals surface area contributed by atoms with Gasteiger partial charge in [-0.25, -0.2) is 0 Å². The highest BCUT2D eigenvalue weighted by Gasteiger charge is 2.05. The highest BCUT2D eigenvalue weighted by molar-refractivity contribution is 5.56. The van der Waals surface area contributed by atoms with E-state index in [0.29, 0.717) is 5.82 Å². The number of hydrogen-bond donors (Lipinski definition) is 1. The van der Waals surface area contributed by atoms with Crippen LogP contribution >= 0.6 is 0 Å². The second-order valence-electron chi connectivity index (χ2n) is 3.01. The molecule has 0 saturated heterocycles. The Labute approximate surface area is 81.7 Å². The van der Waals surface area contributed by atoms with Gasteiger partial charge < -0.3 is 10.3 Å². The van der Waals surface area contributed by atoms with Crippen LogP contribution in [0.2, 0.25) is 0 Å². The SMILES string of the molecule is CCc1cccc(-c2noc(N)n2)c1. The molecule has 0 spiro atoms. The minimum atomic E-state index is 0.0990. The summed E-state index contributed by atoms with van der Waals surface area (Å²) in [6.45, 7) is 2.10. The quantitative estimate of drug-likeness (QED) is 0.783. The van der Waals surface area contributed by atoms with E-state index in [4.69, 9.17) is 10.3 Å². The number of benzene rings is 1. The summed E-state index contributed by atoms with van der Waals surface area (Å²) in [6, 6.07) is 8.10. The molecule has 0 bridgehead atoms. The molecular weight excluding hydrogens is 178 g/mol. The van der Waals surface area contributed by atoms with E-state index in [-0.39, 0.29) is 6.01 Å². The first-order valence-electron chi connectivity index (χ1n) is 4.48. The van der Waals surface area contributed by atoms with Crippen molar-refractivity contribution in [1.82, 2.24) is 10.1 Å². The van der Waals surface area contributed by atoms with Gasteiger partial charge in [0.05, 0.1) is 0 Å². The zero-order chi connectivity index (χ0) is 9.97. The average Bonchev–Trinajstić information content (AvgIpc) is 2.65. The summed E-state index contributed by atoms with van der Waals surface area (Å²) >= 11 is 0. The van der Waals surface area contributed by atoms with E-state index in [9.17, 15) is 0 Å². The van der Waals surface area contributed by atoms with Gasteiger partial charge in [-0.2, -0.15) is 4.98 Å². The van der Waals surface area contributed by atoms with Gasteiger partial charge in [0.25, 0.3) is 0 Å². The summed E-state index contributed by atoms with van der Waals surface area (Å²) < 4.78 is 4.71. The minimum absolute atomic E-state index is 0.0990. The van der Waals surface area contributed by atoms with Crippen LogP contribution in [0.5, 0.6) is 0 Å². The average molecular weight is 189 g/mol. The number of rotatable bonds is 2. The molecule has 0 unspecified atom stereocenters. The third-order valence-electron chi connectivity index (χ3n) is 2.04. The molecule has 14 heavy (non-hydrogen) atoms. The molecule has 1 heterocycles. The zero-order valence-electron chi connectivity index (χ0n) is 7.90. The molecule has 0 saturated carbocycles. The van der Waals surface area contributed by atoms with Crippen molar-refractivity contribution >= 4 is 6.01 Å². The third kappa shape index (κ3) is 1.59. The summed E-state index contributed by atoms with van der Waals surface area (Å²) in [5.41, 5.74) is 7.52. The Balaban J connectivity index is 2.41. The second kappa shape index (κ2) is 3.49. The lowest BCUT2D eigenvalue weighted by Crippen LogP contribution is -1.86. The Morgan fingerprint density at radius 3 is 2.93 bits per heavy atom. The molecule has 0 atom stereocenters. The van der Waals surface area contributed by atoms with Gasteiger partial charge in [0, 0.05) is 5.56 Å². The fraction of sp³-hybridized carbons (Fsp3) is 0.200. The van der Waals surface area contributed by atoms with Gasteiger partial charge in [0.1, 0.15) is 0 Å². The van der Waals surface area contributed by atoms with Gasteiger partial charge >= 0.3 is 6.01 Å². The molecule has 0 fully saturated rings. The molecule has 0 aliphatic carbocycles. The number of aromatic nitrogens is 2. The lowest BCUT2D eigenvalue weighted by atomic mass is 10.1. The highest BCUT2D eigenvalue weighted by atomic mass is 16.5. The fourth-order valence-electron chi connectivity index (χ4n) is 1.28. The van der Waals surface area contributed by atoms with E-state index >= 15 is 0 Å². The van der Waals surface area contributed by atoms with E-state index < -0.39 is 0 Å². The first kappa shape index (κ1) is 8.74. The van der Waals surface area contributed by atoms with Crippen LogP contribution in [-0.2, 0) is 6.42 Å². The highest BCUT2D eigenvalue weighted by Crippen LogP contribution is 2.17. The van der Waals surface area contributed by atoms with Crippen LogP contribution < -0.4 is 5.73 Å². The van der Waals surface area contributed by atoms with Crippen LogP contribution in [0.3, 0.4) is 0 Å². The number of nitrogens with zero attached hydrogens (tertiary/aromatic N) is 2. The van der Waals surface area contributed by atoms with Crippen molar-refractivity contribution in [1.29, 1.82) is 0 Å². The number of anilines is 1. The molecule has 1 aromatic carbocycles. The van der Waals surface area contributed by atoms with E-state index in [1.807, 2.05) is 18.2 Å². The third-order valence-corrected chi connectivity index (χ3v) is 2.04. The van der Waals surface area contributed by atoms with Gasteiger partial charge in [-0.3, -0.25) is 0 Å². The zero-order valence-corrected chi connectivity index (χ0v) is 7.90. The lowest BCUT2D eigenvalue weighted by Gasteiger charge is -1.97. The monoisotopic (exact) mass is 189 g/mol. The number of nitrogens with two attached hydrogens (primary N) is 1. The maximum atomic E-state index is 5.35. The molecule has 2 rings (SSSR count). The Kier molecular flexibility index (Phi) is 2.18. The lowest BCUT2D eigenvalue weighted by molar-refractivity contribution is 0.437. The molecule has 4 nitrogen and oxygen atoms in total. The Morgan fingerprint density at radius 2 is 2.29 bits per heavy atom. The predicted molar refractivity (Wildman–Crippen MR) is 53.5 cm³/mol. The van der Waals surface area contributed by atoms with Crippen LogP contribution in [0.25, 0.3) is 11.4 Å². The van der Waals surface area contributed by atoms with Crippen molar-refractivity contribution in [2.45, 2.75) is 13.3 Å². The largest absolute Gasteiger partial charge is 0.351 e.